The Kier molecular flexibility index (Phi) is 3.51. The van der Waals surface area contributed by atoms with Gasteiger partial charge in [-0.3, -0.25) is 0 Å². The van der Waals surface area contributed by atoms with Gasteiger partial charge in [-0.05, 0) is 41.7 Å². The van der Waals surface area contributed by atoms with Crippen molar-refractivity contribution in [2.45, 2.75) is 25.3 Å². The van der Waals surface area contributed by atoms with Crippen LogP contribution in [0.15, 0.2) is 48.5 Å². The molecule has 0 saturated heterocycles. The molecule has 3 rings (SSSR count). The molecule has 0 spiro atoms. The van der Waals surface area contributed by atoms with Gasteiger partial charge in [0.05, 0.1) is 6.61 Å². The van der Waals surface area contributed by atoms with Gasteiger partial charge in [0, 0.05) is 12.5 Å². The van der Waals surface area contributed by atoms with Gasteiger partial charge in [-0.25, -0.2) is 0 Å². The standard InChI is InChI=1S/C17H19NO/c18-17-9-6-14-12-15(7-8-16(14)17)19-11-10-13-4-2-1-3-5-13/h1-5,7-8,12,17H,6,9-11,18H2/t17-/m1/s1. The average molecular weight is 253 g/mol. The first kappa shape index (κ1) is 12.2. The Balaban J connectivity index is 1.59. The first-order chi connectivity index (χ1) is 9.33. The predicted octanol–water partition coefficient (Wildman–Crippen LogP) is 3.25. The number of benzene rings is 2. The number of hydrogen-bond acceptors (Lipinski definition) is 2. The number of nitrogens with two attached hydrogens (primary N) is 1. The quantitative estimate of drug-likeness (QED) is 0.907. The van der Waals surface area contributed by atoms with E-state index in [0.29, 0.717) is 0 Å². The van der Waals surface area contributed by atoms with Crippen LogP contribution >= 0.6 is 0 Å². The number of rotatable bonds is 4. The lowest BCUT2D eigenvalue weighted by atomic mass is 10.1. The maximum atomic E-state index is 6.03. The van der Waals surface area contributed by atoms with Crippen LogP contribution in [0.4, 0.5) is 0 Å². The van der Waals surface area contributed by atoms with Crippen LogP contribution in [0.5, 0.6) is 5.75 Å². The van der Waals surface area contributed by atoms with E-state index in [-0.39, 0.29) is 6.04 Å². The van der Waals surface area contributed by atoms with Crippen molar-refractivity contribution in [1.29, 1.82) is 0 Å². The zero-order chi connectivity index (χ0) is 13.1. The number of fused-ring (bicyclic) bond motifs is 1. The number of aryl methyl sites for hydroxylation is 1. The third-order valence-corrected chi connectivity index (χ3v) is 3.74. The zero-order valence-corrected chi connectivity index (χ0v) is 11.0. The zero-order valence-electron chi connectivity index (χ0n) is 11.0. The van der Waals surface area contributed by atoms with E-state index in [1.54, 1.807) is 0 Å². The molecular weight excluding hydrogens is 234 g/mol. The molecule has 0 fully saturated rings. The summed E-state index contributed by atoms with van der Waals surface area (Å²) in [5, 5.41) is 0. The summed E-state index contributed by atoms with van der Waals surface area (Å²) in [6, 6.07) is 16.9. The highest BCUT2D eigenvalue weighted by Crippen LogP contribution is 2.31. The fourth-order valence-corrected chi connectivity index (χ4v) is 2.65. The summed E-state index contributed by atoms with van der Waals surface area (Å²) >= 11 is 0. The molecule has 2 heteroatoms. The molecule has 0 bridgehead atoms. The Bertz CT molecular complexity index is 550. The van der Waals surface area contributed by atoms with Crippen LogP contribution in [0.2, 0.25) is 0 Å². The van der Waals surface area contributed by atoms with Crippen LogP contribution in [0.25, 0.3) is 0 Å². The first-order valence-electron chi connectivity index (χ1n) is 6.88. The van der Waals surface area contributed by atoms with Gasteiger partial charge in [0.2, 0.25) is 0 Å². The summed E-state index contributed by atoms with van der Waals surface area (Å²) in [7, 11) is 0. The van der Waals surface area contributed by atoms with E-state index in [2.05, 4.69) is 36.4 Å². The second kappa shape index (κ2) is 5.45. The number of hydrogen-bond donors (Lipinski definition) is 1. The summed E-state index contributed by atoms with van der Waals surface area (Å²) in [5.74, 6) is 0.962. The highest BCUT2D eigenvalue weighted by atomic mass is 16.5. The Morgan fingerprint density at radius 3 is 2.79 bits per heavy atom. The molecule has 0 saturated carbocycles. The van der Waals surface area contributed by atoms with E-state index in [9.17, 15) is 0 Å². The van der Waals surface area contributed by atoms with Gasteiger partial charge in [0.1, 0.15) is 5.75 Å². The lowest BCUT2D eigenvalue weighted by molar-refractivity contribution is 0.321. The fourth-order valence-electron chi connectivity index (χ4n) is 2.65. The third-order valence-electron chi connectivity index (χ3n) is 3.74. The van der Waals surface area contributed by atoms with Gasteiger partial charge in [-0.1, -0.05) is 36.4 Å². The van der Waals surface area contributed by atoms with E-state index in [0.717, 1.165) is 31.6 Å². The van der Waals surface area contributed by atoms with E-state index in [1.807, 2.05) is 12.1 Å². The minimum absolute atomic E-state index is 0.216. The topological polar surface area (TPSA) is 35.2 Å². The summed E-state index contributed by atoms with van der Waals surface area (Å²) in [5.41, 5.74) is 9.98. The Hall–Kier alpha value is -1.80. The fraction of sp³-hybridized carbons (Fsp3) is 0.294. The molecule has 2 aromatic rings. The van der Waals surface area contributed by atoms with Crippen molar-refractivity contribution in [3.8, 4) is 5.75 Å². The molecule has 2 nitrogen and oxygen atoms in total. The molecule has 0 unspecified atom stereocenters. The Morgan fingerprint density at radius 2 is 1.95 bits per heavy atom. The van der Waals surface area contributed by atoms with Crippen LogP contribution < -0.4 is 10.5 Å². The van der Waals surface area contributed by atoms with Gasteiger partial charge in [0.25, 0.3) is 0 Å². The molecule has 0 aliphatic heterocycles. The predicted molar refractivity (Wildman–Crippen MR) is 77.3 cm³/mol. The van der Waals surface area contributed by atoms with E-state index in [4.69, 9.17) is 10.5 Å². The number of ether oxygens (including phenoxy) is 1. The smallest absolute Gasteiger partial charge is 0.119 e. The Labute approximate surface area is 114 Å². The van der Waals surface area contributed by atoms with Crippen molar-refractivity contribution in [2.75, 3.05) is 6.61 Å². The molecule has 0 amide bonds. The van der Waals surface area contributed by atoms with Gasteiger partial charge < -0.3 is 10.5 Å². The lowest BCUT2D eigenvalue weighted by Gasteiger charge is -2.09. The molecule has 0 aromatic heterocycles. The molecule has 0 heterocycles. The average Bonchev–Trinajstić information content (AvgIpc) is 2.81. The van der Waals surface area contributed by atoms with Crippen molar-refractivity contribution in [2.24, 2.45) is 5.73 Å². The highest BCUT2D eigenvalue weighted by Gasteiger charge is 2.18. The summed E-state index contributed by atoms with van der Waals surface area (Å²) in [4.78, 5) is 0. The van der Waals surface area contributed by atoms with Crippen LogP contribution in [-0.2, 0) is 12.8 Å². The molecule has 1 aliphatic carbocycles. The van der Waals surface area contributed by atoms with Gasteiger partial charge in [-0.2, -0.15) is 0 Å². The molecule has 98 valence electrons. The molecular formula is C17H19NO. The van der Waals surface area contributed by atoms with Crippen LogP contribution in [0.3, 0.4) is 0 Å². The van der Waals surface area contributed by atoms with Crippen molar-refractivity contribution >= 4 is 0 Å². The van der Waals surface area contributed by atoms with Crippen molar-refractivity contribution < 1.29 is 4.74 Å². The summed E-state index contributed by atoms with van der Waals surface area (Å²) < 4.78 is 5.83. The van der Waals surface area contributed by atoms with E-state index < -0.39 is 0 Å². The summed E-state index contributed by atoms with van der Waals surface area (Å²) in [6.07, 6.45) is 3.08. The van der Waals surface area contributed by atoms with Crippen LogP contribution in [0, 0.1) is 0 Å². The summed E-state index contributed by atoms with van der Waals surface area (Å²) in [6.45, 7) is 0.717. The minimum atomic E-state index is 0.216. The van der Waals surface area contributed by atoms with Crippen LogP contribution in [-0.4, -0.2) is 6.61 Å². The van der Waals surface area contributed by atoms with Crippen molar-refractivity contribution in [1.82, 2.24) is 0 Å². The molecule has 1 atom stereocenters. The minimum Gasteiger partial charge on any atom is -0.493 e. The second-order valence-corrected chi connectivity index (χ2v) is 5.09. The van der Waals surface area contributed by atoms with E-state index >= 15 is 0 Å². The third kappa shape index (κ3) is 2.79. The molecule has 0 radical (unpaired) electrons. The Morgan fingerprint density at radius 1 is 1.11 bits per heavy atom. The normalized spacial score (nSPS) is 17.2. The van der Waals surface area contributed by atoms with Gasteiger partial charge in [0.15, 0.2) is 0 Å². The van der Waals surface area contributed by atoms with Gasteiger partial charge in [-0.15, -0.1) is 0 Å². The SMILES string of the molecule is N[C@@H]1CCc2cc(OCCc3ccccc3)ccc21. The first-order valence-corrected chi connectivity index (χ1v) is 6.88. The molecule has 2 aromatic carbocycles. The van der Waals surface area contributed by atoms with Gasteiger partial charge >= 0.3 is 0 Å². The maximum absolute atomic E-state index is 6.03. The van der Waals surface area contributed by atoms with E-state index in [1.165, 1.54) is 16.7 Å². The lowest BCUT2D eigenvalue weighted by Crippen LogP contribution is -2.05. The largest absolute Gasteiger partial charge is 0.493 e. The van der Waals surface area contributed by atoms with Crippen LogP contribution in [0.1, 0.15) is 29.2 Å². The van der Waals surface area contributed by atoms with Crippen molar-refractivity contribution in [3.63, 3.8) is 0 Å². The molecule has 19 heavy (non-hydrogen) atoms. The monoisotopic (exact) mass is 253 g/mol. The second-order valence-electron chi connectivity index (χ2n) is 5.09. The van der Waals surface area contributed by atoms with Crippen molar-refractivity contribution in [3.05, 3.63) is 65.2 Å². The maximum Gasteiger partial charge on any atom is 0.119 e. The molecule has 1 aliphatic rings. The highest BCUT2D eigenvalue weighted by molar-refractivity contribution is 5.40. The molecule has 2 N–H and O–H groups in total.